The smallest absolute Gasteiger partial charge is 0.135 e. The molecule has 2 heteroatoms. The standard InChI is InChI=1S/C19H13NO/c1-3-7-18-15(5-1)17(13-14-9-11-20-12-10-14)16-6-2-4-8-19(16)21-18/h1-13H. The van der Waals surface area contributed by atoms with Crippen LogP contribution in [0.3, 0.4) is 0 Å². The van der Waals surface area contributed by atoms with Gasteiger partial charge in [0.05, 0.1) is 0 Å². The number of nitrogens with zero attached hydrogens (tertiary/aromatic N) is 1. The molecule has 1 aliphatic rings. The van der Waals surface area contributed by atoms with Crippen molar-refractivity contribution in [3.8, 4) is 11.5 Å². The van der Waals surface area contributed by atoms with Gasteiger partial charge >= 0.3 is 0 Å². The van der Waals surface area contributed by atoms with Gasteiger partial charge in [0.15, 0.2) is 0 Å². The quantitative estimate of drug-likeness (QED) is 0.497. The summed E-state index contributed by atoms with van der Waals surface area (Å²) in [7, 11) is 0. The summed E-state index contributed by atoms with van der Waals surface area (Å²) in [6.45, 7) is 0. The Kier molecular flexibility index (Phi) is 2.79. The summed E-state index contributed by atoms with van der Waals surface area (Å²) in [4.78, 5) is 4.07. The molecule has 0 bridgehead atoms. The number of aromatic nitrogens is 1. The van der Waals surface area contributed by atoms with Crippen molar-refractivity contribution in [2.24, 2.45) is 0 Å². The van der Waals surface area contributed by atoms with Gasteiger partial charge in [-0.1, -0.05) is 36.4 Å². The van der Waals surface area contributed by atoms with Crippen LogP contribution in [0.25, 0.3) is 11.6 Å². The lowest BCUT2D eigenvalue weighted by Crippen LogP contribution is -2.01. The first kappa shape index (κ1) is 11.9. The van der Waals surface area contributed by atoms with Crippen molar-refractivity contribution in [3.05, 3.63) is 89.7 Å². The summed E-state index contributed by atoms with van der Waals surface area (Å²) < 4.78 is 5.99. The molecule has 100 valence electrons. The first-order valence-corrected chi connectivity index (χ1v) is 6.90. The second-order valence-electron chi connectivity index (χ2n) is 4.93. The van der Waals surface area contributed by atoms with E-state index in [1.807, 2.05) is 60.9 Å². The molecule has 0 aliphatic carbocycles. The highest BCUT2D eigenvalue weighted by Gasteiger charge is 2.20. The van der Waals surface area contributed by atoms with Crippen molar-refractivity contribution in [2.75, 3.05) is 0 Å². The second kappa shape index (κ2) is 4.91. The summed E-state index contributed by atoms with van der Waals surface area (Å²) in [5, 5.41) is 0. The molecule has 0 amide bonds. The zero-order valence-electron chi connectivity index (χ0n) is 11.4. The molecule has 0 N–H and O–H groups in total. The van der Waals surface area contributed by atoms with Crippen LogP contribution in [-0.4, -0.2) is 4.98 Å². The van der Waals surface area contributed by atoms with E-state index in [0.717, 1.165) is 28.2 Å². The number of benzene rings is 2. The number of fused-ring (bicyclic) bond motifs is 2. The maximum atomic E-state index is 5.99. The van der Waals surface area contributed by atoms with Crippen LogP contribution in [0.2, 0.25) is 0 Å². The van der Waals surface area contributed by atoms with Gasteiger partial charge in [-0.25, -0.2) is 0 Å². The van der Waals surface area contributed by atoms with Crippen LogP contribution in [-0.2, 0) is 0 Å². The maximum Gasteiger partial charge on any atom is 0.135 e. The number of hydrogen-bond donors (Lipinski definition) is 0. The van der Waals surface area contributed by atoms with Gasteiger partial charge in [0.1, 0.15) is 11.5 Å². The Morgan fingerprint density at radius 1 is 0.714 bits per heavy atom. The number of ether oxygens (including phenoxy) is 1. The van der Waals surface area contributed by atoms with Crippen molar-refractivity contribution in [2.45, 2.75) is 0 Å². The highest BCUT2D eigenvalue weighted by Crippen LogP contribution is 2.43. The predicted molar refractivity (Wildman–Crippen MR) is 84.2 cm³/mol. The molecule has 0 saturated heterocycles. The third-order valence-corrected chi connectivity index (χ3v) is 3.59. The van der Waals surface area contributed by atoms with E-state index in [1.54, 1.807) is 0 Å². The van der Waals surface area contributed by atoms with E-state index < -0.39 is 0 Å². The lowest BCUT2D eigenvalue weighted by molar-refractivity contribution is 0.474. The van der Waals surface area contributed by atoms with Gasteiger partial charge in [-0.15, -0.1) is 0 Å². The van der Waals surface area contributed by atoms with E-state index in [4.69, 9.17) is 4.74 Å². The molecule has 0 radical (unpaired) electrons. The molecule has 21 heavy (non-hydrogen) atoms. The summed E-state index contributed by atoms with van der Waals surface area (Å²) in [5.41, 5.74) is 4.55. The number of hydrogen-bond acceptors (Lipinski definition) is 2. The SMILES string of the molecule is C(=C1c2ccccc2Oc2ccccc21)c1ccncc1. The van der Waals surface area contributed by atoms with E-state index in [0.29, 0.717) is 0 Å². The molecule has 0 fully saturated rings. The average Bonchev–Trinajstić information content (AvgIpc) is 2.55. The Morgan fingerprint density at radius 3 is 1.90 bits per heavy atom. The fourth-order valence-electron chi connectivity index (χ4n) is 2.60. The van der Waals surface area contributed by atoms with Gasteiger partial charge in [-0.3, -0.25) is 4.98 Å². The van der Waals surface area contributed by atoms with Crippen molar-refractivity contribution < 1.29 is 4.74 Å². The number of pyridine rings is 1. The first-order valence-electron chi connectivity index (χ1n) is 6.90. The Balaban J connectivity index is 1.96. The first-order chi connectivity index (χ1) is 10.4. The zero-order chi connectivity index (χ0) is 14.1. The molecular formula is C19H13NO. The lowest BCUT2D eigenvalue weighted by atomic mass is 9.92. The molecule has 0 unspecified atom stereocenters. The molecule has 1 aromatic heterocycles. The Hall–Kier alpha value is -2.87. The summed E-state index contributed by atoms with van der Waals surface area (Å²) >= 11 is 0. The molecule has 1 aliphatic heterocycles. The highest BCUT2D eigenvalue weighted by molar-refractivity contribution is 5.96. The molecule has 2 aromatic carbocycles. The Labute approximate surface area is 123 Å². The van der Waals surface area contributed by atoms with E-state index in [-0.39, 0.29) is 0 Å². The predicted octanol–water partition coefficient (Wildman–Crippen LogP) is 4.78. The molecular weight excluding hydrogens is 258 g/mol. The molecule has 4 rings (SSSR count). The van der Waals surface area contributed by atoms with Gasteiger partial charge < -0.3 is 4.74 Å². The molecule has 0 atom stereocenters. The van der Waals surface area contributed by atoms with Gasteiger partial charge in [-0.05, 0) is 41.5 Å². The highest BCUT2D eigenvalue weighted by atomic mass is 16.5. The molecule has 0 saturated carbocycles. The van der Waals surface area contributed by atoms with Crippen LogP contribution in [0, 0.1) is 0 Å². The second-order valence-corrected chi connectivity index (χ2v) is 4.93. The molecule has 2 nitrogen and oxygen atoms in total. The van der Waals surface area contributed by atoms with Crippen LogP contribution in [0.15, 0.2) is 73.1 Å². The number of para-hydroxylation sites is 2. The van der Waals surface area contributed by atoms with Gasteiger partial charge in [0, 0.05) is 23.5 Å². The zero-order valence-corrected chi connectivity index (χ0v) is 11.4. The van der Waals surface area contributed by atoms with Crippen molar-refractivity contribution in [1.82, 2.24) is 4.98 Å². The topological polar surface area (TPSA) is 22.1 Å². The average molecular weight is 271 g/mol. The molecule has 2 heterocycles. The minimum atomic E-state index is 0.900. The normalized spacial score (nSPS) is 12.1. The third-order valence-electron chi connectivity index (χ3n) is 3.59. The summed E-state index contributed by atoms with van der Waals surface area (Å²) in [6.07, 6.45) is 5.80. The van der Waals surface area contributed by atoms with Crippen molar-refractivity contribution in [1.29, 1.82) is 0 Å². The Bertz CT molecular complexity index is 774. The Morgan fingerprint density at radius 2 is 1.29 bits per heavy atom. The van der Waals surface area contributed by atoms with E-state index in [1.165, 1.54) is 5.57 Å². The minimum absolute atomic E-state index is 0.900. The van der Waals surface area contributed by atoms with Crippen LogP contribution in [0.5, 0.6) is 11.5 Å². The largest absolute Gasteiger partial charge is 0.456 e. The fraction of sp³-hybridized carbons (Fsp3) is 0. The van der Waals surface area contributed by atoms with Crippen LogP contribution in [0.1, 0.15) is 16.7 Å². The van der Waals surface area contributed by atoms with E-state index in [9.17, 15) is 0 Å². The van der Waals surface area contributed by atoms with E-state index >= 15 is 0 Å². The van der Waals surface area contributed by atoms with Gasteiger partial charge in [-0.2, -0.15) is 0 Å². The maximum absolute atomic E-state index is 5.99. The third kappa shape index (κ3) is 2.11. The summed E-state index contributed by atoms with van der Waals surface area (Å²) in [5.74, 6) is 1.80. The van der Waals surface area contributed by atoms with Gasteiger partial charge in [0.2, 0.25) is 0 Å². The van der Waals surface area contributed by atoms with Crippen LogP contribution >= 0.6 is 0 Å². The molecule has 0 spiro atoms. The lowest BCUT2D eigenvalue weighted by Gasteiger charge is -2.22. The monoisotopic (exact) mass is 271 g/mol. The fourth-order valence-corrected chi connectivity index (χ4v) is 2.60. The van der Waals surface area contributed by atoms with Gasteiger partial charge in [0.25, 0.3) is 0 Å². The van der Waals surface area contributed by atoms with Crippen molar-refractivity contribution >= 4 is 11.6 Å². The van der Waals surface area contributed by atoms with Crippen LogP contribution in [0.4, 0.5) is 0 Å². The number of rotatable bonds is 1. The minimum Gasteiger partial charge on any atom is -0.456 e. The van der Waals surface area contributed by atoms with Crippen molar-refractivity contribution in [3.63, 3.8) is 0 Å². The van der Waals surface area contributed by atoms with Crippen LogP contribution < -0.4 is 4.74 Å². The summed E-state index contributed by atoms with van der Waals surface area (Å²) in [6, 6.07) is 20.3. The molecule has 3 aromatic rings. The van der Waals surface area contributed by atoms with E-state index in [2.05, 4.69) is 23.2 Å².